The lowest BCUT2D eigenvalue weighted by molar-refractivity contribution is 0.0394. The topological polar surface area (TPSA) is 41.5 Å². The monoisotopic (exact) mass is 316 g/mol. The molecule has 3 fully saturated rings. The summed E-state index contributed by atoms with van der Waals surface area (Å²) in [5, 5.41) is 0. The Bertz CT molecular complexity index is 528. The summed E-state index contributed by atoms with van der Waals surface area (Å²) in [6.45, 7) is 6.42. The van der Waals surface area contributed by atoms with Gasteiger partial charge in [0.2, 0.25) is 0 Å². The van der Waals surface area contributed by atoms with Gasteiger partial charge in [0.1, 0.15) is 5.82 Å². The molecule has 0 unspecified atom stereocenters. The van der Waals surface area contributed by atoms with Crippen LogP contribution in [0.5, 0.6) is 0 Å². The molecular formula is C18H28N4O. The van der Waals surface area contributed by atoms with Gasteiger partial charge in [0.05, 0.1) is 18.1 Å². The Morgan fingerprint density at radius 1 is 1.09 bits per heavy atom. The van der Waals surface area contributed by atoms with Crippen LogP contribution < -0.4 is 4.90 Å². The van der Waals surface area contributed by atoms with Gasteiger partial charge in [0.25, 0.3) is 0 Å². The lowest BCUT2D eigenvalue weighted by Crippen LogP contribution is -2.41. The van der Waals surface area contributed by atoms with Gasteiger partial charge in [-0.3, -0.25) is 9.88 Å². The van der Waals surface area contributed by atoms with Crippen LogP contribution in [0.25, 0.3) is 0 Å². The van der Waals surface area contributed by atoms with Crippen molar-refractivity contribution in [3.05, 3.63) is 18.1 Å². The number of aryl methyl sites for hydroxylation is 1. The van der Waals surface area contributed by atoms with E-state index < -0.39 is 0 Å². The summed E-state index contributed by atoms with van der Waals surface area (Å²) in [5.74, 6) is 2.67. The van der Waals surface area contributed by atoms with Crippen molar-refractivity contribution in [1.82, 2.24) is 14.9 Å². The number of nitrogens with zero attached hydrogens (tertiary/aromatic N) is 4. The first-order valence-electron chi connectivity index (χ1n) is 9.05. The van der Waals surface area contributed by atoms with Crippen LogP contribution in [0.4, 0.5) is 5.82 Å². The first kappa shape index (κ1) is 15.3. The zero-order valence-corrected chi connectivity index (χ0v) is 14.3. The molecule has 4 rings (SSSR count). The average molecular weight is 316 g/mol. The lowest BCUT2D eigenvalue weighted by atomic mass is 9.97. The van der Waals surface area contributed by atoms with Crippen LogP contribution in [-0.4, -0.2) is 60.3 Å². The summed E-state index contributed by atoms with van der Waals surface area (Å²) >= 11 is 0. The molecule has 1 aromatic heterocycles. The molecule has 0 radical (unpaired) electrons. The van der Waals surface area contributed by atoms with E-state index in [2.05, 4.69) is 26.8 Å². The second-order valence-electron chi connectivity index (χ2n) is 7.49. The molecule has 5 nitrogen and oxygen atoms in total. The maximum atomic E-state index is 5.53. The zero-order valence-electron chi connectivity index (χ0n) is 14.3. The summed E-state index contributed by atoms with van der Waals surface area (Å²) in [4.78, 5) is 14.1. The second-order valence-corrected chi connectivity index (χ2v) is 7.49. The number of hydrogen-bond donors (Lipinski definition) is 0. The van der Waals surface area contributed by atoms with Crippen molar-refractivity contribution in [2.24, 2.45) is 11.8 Å². The highest BCUT2D eigenvalue weighted by molar-refractivity contribution is 5.37. The van der Waals surface area contributed by atoms with E-state index in [0.717, 1.165) is 42.6 Å². The van der Waals surface area contributed by atoms with E-state index in [1.807, 2.05) is 19.3 Å². The molecule has 1 aromatic rings. The summed E-state index contributed by atoms with van der Waals surface area (Å²) in [7, 11) is 2.20. The number of ether oxygens (including phenoxy) is 1. The molecule has 1 aliphatic carbocycles. The number of hydrogen-bond acceptors (Lipinski definition) is 5. The highest BCUT2D eigenvalue weighted by atomic mass is 16.5. The number of fused-ring (bicyclic) bond motifs is 1. The van der Waals surface area contributed by atoms with E-state index in [-0.39, 0.29) is 0 Å². The minimum absolute atomic E-state index is 0.613. The molecule has 5 heteroatoms. The van der Waals surface area contributed by atoms with Crippen molar-refractivity contribution in [3.8, 4) is 0 Å². The van der Waals surface area contributed by atoms with Crippen LogP contribution >= 0.6 is 0 Å². The van der Waals surface area contributed by atoms with E-state index in [4.69, 9.17) is 4.74 Å². The summed E-state index contributed by atoms with van der Waals surface area (Å²) in [6.07, 6.45) is 8.88. The molecule has 3 atom stereocenters. The van der Waals surface area contributed by atoms with Gasteiger partial charge in [0, 0.05) is 45.4 Å². The predicted molar refractivity (Wildman–Crippen MR) is 90.6 cm³/mol. The van der Waals surface area contributed by atoms with E-state index in [9.17, 15) is 0 Å². The van der Waals surface area contributed by atoms with Gasteiger partial charge in [-0.05, 0) is 44.4 Å². The van der Waals surface area contributed by atoms with Crippen molar-refractivity contribution in [2.45, 2.75) is 44.7 Å². The van der Waals surface area contributed by atoms with Crippen molar-refractivity contribution >= 4 is 5.82 Å². The van der Waals surface area contributed by atoms with Crippen LogP contribution in [0.2, 0.25) is 0 Å². The Morgan fingerprint density at radius 3 is 2.65 bits per heavy atom. The SMILES string of the molecule is Cc1cnc(N(C)[C@@H]2CC[C@@H]3CN(C4CCOCC4)C[C@@H]32)cn1. The second kappa shape index (κ2) is 6.36. The van der Waals surface area contributed by atoms with Gasteiger partial charge < -0.3 is 9.64 Å². The Hall–Kier alpha value is -1.20. The summed E-state index contributed by atoms with van der Waals surface area (Å²) in [5.41, 5.74) is 0.984. The molecule has 0 bridgehead atoms. The highest BCUT2D eigenvalue weighted by Crippen LogP contribution is 2.42. The fourth-order valence-electron chi connectivity index (χ4n) is 4.84. The highest BCUT2D eigenvalue weighted by Gasteiger charge is 2.45. The van der Waals surface area contributed by atoms with Crippen LogP contribution in [-0.2, 0) is 4.74 Å². The fraction of sp³-hybridized carbons (Fsp3) is 0.778. The number of aromatic nitrogens is 2. The molecule has 2 aliphatic heterocycles. The van der Waals surface area contributed by atoms with Crippen molar-refractivity contribution < 1.29 is 4.74 Å². The molecule has 0 amide bonds. The van der Waals surface area contributed by atoms with Gasteiger partial charge in [0.15, 0.2) is 0 Å². The first-order valence-corrected chi connectivity index (χ1v) is 9.05. The predicted octanol–water partition coefficient (Wildman–Crippen LogP) is 2.11. The van der Waals surface area contributed by atoms with Gasteiger partial charge in [-0.15, -0.1) is 0 Å². The minimum Gasteiger partial charge on any atom is -0.381 e. The zero-order chi connectivity index (χ0) is 15.8. The Morgan fingerprint density at radius 2 is 1.91 bits per heavy atom. The Labute approximate surface area is 139 Å². The Balaban J connectivity index is 1.44. The molecule has 1 saturated carbocycles. The van der Waals surface area contributed by atoms with Gasteiger partial charge in [-0.1, -0.05) is 0 Å². The number of likely N-dealkylation sites (tertiary alicyclic amines) is 1. The smallest absolute Gasteiger partial charge is 0.147 e. The van der Waals surface area contributed by atoms with E-state index in [0.29, 0.717) is 6.04 Å². The van der Waals surface area contributed by atoms with Crippen LogP contribution in [0.3, 0.4) is 0 Å². The van der Waals surface area contributed by atoms with Gasteiger partial charge >= 0.3 is 0 Å². The molecule has 3 heterocycles. The molecule has 2 saturated heterocycles. The largest absolute Gasteiger partial charge is 0.381 e. The molecule has 0 N–H and O–H groups in total. The first-order chi connectivity index (χ1) is 11.2. The Kier molecular flexibility index (Phi) is 4.24. The quantitative estimate of drug-likeness (QED) is 0.854. The standard InChI is InChI=1S/C18H28N4O/c1-13-9-20-18(10-19-13)21(2)17-4-3-14-11-22(12-16(14)17)15-5-7-23-8-6-15/h9-10,14-17H,3-8,11-12H2,1-2H3/t14-,16+,17-/m1/s1. The molecule has 126 valence electrons. The number of anilines is 1. The average Bonchev–Trinajstić information content (AvgIpc) is 3.16. The molecule has 0 spiro atoms. The molecule has 23 heavy (non-hydrogen) atoms. The molecule has 3 aliphatic rings. The summed E-state index contributed by atoms with van der Waals surface area (Å²) in [6, 6.07) is 1.36. The number of rotatable bonds is 3. The van der Waals surface area contributed by atoms with Crippen LogP contribution in [0.15, 0.2) is 12.4 Å². The molecule has 0 aromatic carbocycles. The normalized spacial score (nSPS) is 32.2. The third-order valence-electron chi connectivity index (χ3n) is 6.18. The van der Waals surface area contributed by atoms with Crippen LogP contribution in [0.1, 0.15) is 31.4 Å². The molecular weight excluding hydrogens is 288 g/mol. The van der Waals surface area contributed by atoms with Crippen molar-refractivity contribution in [3.63, 3.8) is 0 Å². The van der Waals surface area contributed by atoms with Crippen molar-refractivity contribution in [2.75, 3.05) is 38.3 Å². The third kappa shape index (κ3) is 2.96. The lowest BCUT2D eigenvalue weighted by Gasteiger charge is -2.34. The minimum atomic E-state index is 0.613. The van der Waals surface area contributed by atoms with Crippen molar-refractivity contribution in [1.29, 1.82) is 0 Å². The maximum absolute atomic E-state index is 5.53. The van der Waals surface area contributed by atoms with E-state index in [1.165, 1.54) is 38.8 Å². The maximum Gasteiger partial charge on any atom is 0.147 e. The fourth-order valence-corrected chi connectivity index (χ4v) is 4.84. The van der Waals surface area contributed by atoms with Crippen LogP contribution in [0, 0.1) is 18.8 Å². The van der Waals surface area contributed by atoms with E-state index in [1.54, 1.807) is 0 Å². The van der Waals surface area contributed by atoms with E-state index >= 15 is 0 Å². The summed E-state index contributed by atoms with van der Waals surface area (Å²) < 4.78 is 5.53. The third-order valence-corrected chi connectivity index (χ3v) is 6.18. The van der Waals surface area contributed by atoms with Gasteiger partial charge in [-0.2, -0.15) is 0 Å². The van der Waals surface area contributed by atoms with Gasteiger partial charge in [-0.25, -0.2) is 4.98 Å².